The molecule has 2 amide bonds. The molecular formula is C13H18N2O2S. The van der Waals surface area contributed by atoms with Crippen LogP contribution in [0.25, 0.3) is 0 Å². The van der Waals surface area contributed by atoms with Crippen molar-refractivity contribution in [3.63, 3.8) is 0 Å². The predicted octanol–water partition coefficient (Wildman–Crippen LogP) is 1.93. The van der Waals surface area contributed by atoms with Gasteiger partial charge in [0.2, 0.25) is 11.8 Å². The number of nitrogens with zero attached hydrogens (tertiary/aromatic N) is 1. The summed E-state index contributed by atoms with van der Waals surface area (Å²) >= 11 is 1.60. The zero-order chi connectivity index (χ0) is 13.5. The average Bonchev–Trinajstić information content (AvgIpc) is 2.79. The Bertz CT molecular complexity index is 467. The lowest BCUT2D eigenvalue weighted by Gasteiger charge is -2.44. The van der Waals surface area contributed by atoms with E-state index in [2.05, 4.69) is 5.32 Å². The van der Waals surface area contributed by atoms with E-state index in [0.29, 0.717) is 0 Å². The number of nitrogens with one attached hydrogen (secondary N) is 1. The Morgan fingerprint density at radius 3 is 2.67 bits per heavy atom. The molecule has 0 bridgehead atoms. The van der Waals surface area contributed by atoms with Crippen LogP contribution in [0.15, 0.2) is 17.5 Å². The van der Waals surface area contributed by atoms with Gasteiger partial charge in [0.05, 0.1) is 6.04 Å². The van der Waals surface area contributed by atoms with Gasteiger partial charge in [-0.3, -0.25) is 9.59 Å². The molecule has 0 saturated carbocycles. The van der Waals surface area contributed by atoms with Gasteiger partial charge >= 0.3 is 0 Å². The van der Waals surface area contributed by atoms with Crippen molar-refractivity contribution in [1.82, 2.24) is 10.2 Å². The third-order valence-corrected chi connectivity index (χ3v) is 4.42. The Hall–Kier alpha value is -1.36. The van der Waals surface area contributed by atoms with Crippen LogP contribution in [-0.2, 0) is 9.59 Å². The lowest BCUT2D eigenvalue weighted by Crippen LogP contribution is -2.67. The van der Waals surface area contributed by atoms with Gasteiger partial charge in [-0.25, -0.2) is 0 Å². The molecule has 0 spiro atoms. The maximum Gasteiger partial charge on any atom is 0.248 e. The summed E-state index contributed by atoms with van der Waals surface area (Å²) in [6.07, 6.45) is 0. The van der Waals surface area contributed by atoms with Gasteiger partial charge in [-0.05, 0) is 39.1 Å². The normalized spacial score (nSPS) is 24.9. The van der Waals surface area contributed by atoms with Gasteiger partial charge in [-0.2, -0.15) is 0 Å². The van der Waals surface area contributed by atoms with E-state index in [4.69, 9.17) is 0 Å². The first kappa shape index (κ1) is 13.1. The van der Waals surface area contributed by atoms with Crippen molar-refractivity contribution in [3.8, 4) is 0 Å². The van der Waals surface area contributed by atoms with Gasteiger partial charge in [0.1, 0.15) is 11.6 Å². The Morgan fingerprint density at radius 2 is 2.11 bits per heavy atom. The summed E-state index contributed by atoms with van der Waals surface area (Å²) in [5.74, 6) is -0.126. The number of hydrogen-bond acceptors (Lipinski definition) is 3. The summed E-state index contributed by atoms with van der Waals surface area (Å²) in [7, 11) is 0. The molecule has 98 valence electrons. The summed E-state index contributed by atoms with van der Waals surface area (Å²) in [4.78, 5) is 27.2. The largest absolute Gasteiger partial charge is 0.340 e. The SMILES string of the molecule is CC1C(=O)NC(C)(C)C(=O)N1C(C)c1cccs1. The number of carbonyl (C=O) groups is 2. The quantitative estimate of drug-likeness (QED) is 0.889. The zero-order valence-electron chi connectivity index (χ0n) is 11.1. The summed E-state index contributed by atoms with van der Waals surface area (Å²) in [5.41, 5.74) is -0.824. The Balaban J connectivity index is 2.34. The Morgan fingerprint density at radius 1 is 1.44 bits per heavy atom. The van der Waals surface area contributed by atoms with Gasteiger partial charge in [0.15, 0.2) is 0 Å². The maximum atomic E-state index is 12.5. The van der Waals surface area contributed by atoms with Crippen LogP contribution < -0.4 is 5.32 Å². The molecule has 0 radical (unpaired) electrons. The molecule has 1 aromatic heterocycles. The van der Waals surface area contributed by atoms with E-state index < -0.39 is 11.6 Å². The van der Waals surface area contributed by atoms with Crippen molar-refractivity contribution in [2.75, 3.05) is 0 Å². The molecule has 1 aromatic rings. The van der Waals surface area contributed by atoms with Crippen molar-refractivity contribution in [3.05, 3.63) is 22.4 Å². The second-order valence-corrected chi connectivity index (χ2v) is 6.17. The third kappa shape index (κ3) is 2.03. The van der Waals surface area contributed by atoms with E-state index in [0.717, 1.165) is 4.88 Å². The molecule has 1 fully saturated rings. The second kappa shape index (κ2) is 4.39. The number of piperazine rings is 1. The molecule has 0 aliphatic carbocycles. The van der Waals surface area contributed by atoms with Gasteiger partial charge in [0, 0.05) is 4.88 Å². The molecule has 2 heterocycles. The first-order valence-electron chi connectivity index (χ1n) is 6.03. The van der Waals surface area contributed by atoms with Gasteiger partial charge in [-0.15, -0.1) is 11.3 Å². The minimum absolute atomic E-state index is 0.0319. The third-order valence-electron chi connectivity index (χ3n) is 3.37. The number of rotatable bonds is 2. The highest BCUT2D eigenvalue weighted by Crippen LogP contribution is 2.30. The van der Waals surface area contributed by atoms with Crippen LogP contribution in [-0.4, -0.2) is 28.3 Å². The highest BCUT2D eigenvalue weighted by atomic mass is 32.1. The standard InChI is InChI=1S/C13H18N2O2S/c1-8(10-6-5-7-18-10)15-9(2)11(16)14-13(3,4)12(15)17/h5-9H,1-4H3,(H,14,16). The number of thiophene rings is 1. The van der Waals surface area contributed by atoms with Crippen molar-refractivity contribution in [1.29, 1.82) is 0 Å². The fourth-order valence-corrected chi connectivity index (χ4v) is 3.05. The topological polar surface area (TPSA) is 49.4 Å². The summed E-state index contributed by atoms with van der Waals surface area (Å²) in [6, 6.07) is 3.45. The van der Waals surface area contributed by atoms with Crippen LogP contribution in [0.2, 0.25) is 0 Å². The van der Waals surface area contributed by atoms with E-state index in [1.54, 1.807) is 37.0 Å². The average molecular weight is 266 g/mol. The highest BCUT2D eigenvalue weighted by molar-refractivity contribution is 7.10. The molecule has 2 rings (SSSR count). The molecule has 1 aliphatic heterocycles. The minimum Gasteiger partial charge on any atom is -0.340 e. The number of hydrogen-bond donors (Lipinski definition) is 1. The molecular weight excluding hydrogens is 248 g/mol. The van der Waals surface area contributed by atoms with Crippen LogP contribution in [0.1, 0.15) is 38.6 Å². The molecule has 1 saturated heterocycles. The van der Waals surface area contributed by atoms with Crippen molar-refractivity contribution in [2.24, 2.45) is 0 Å². The van der Waals surface area contributed by atoms with Crippen LogP contribution in [0.5, 0.6) is 0 Å². The first-order valence-corrected chi connectivity index (χ1v) is 6.91. The molecule has 1 N–H and O–H groups in total. The summed E-state index contributed by atoms with van der Waals surface area (Å²) < 4.78 is 0. The van der Waals surface area contributed by atoms with E-state index in [-0.39, 0.29) is 17.9 Å². The molecule has 1 aliphatic rings. The zero-order valence-corrected chi connectivity index (χ0v) is 11.9. The highest BCUT2D eigenvalue weighted by Gasteiger charge is 2.45. The first-order chi connectivity index (χ1) is 8.34. The van der Waals surface area contributed by atoms with Gasteiger partial charge in [-0.1, -0.05) is 6.07 Å². The van der Waals surface area contributed by atoms with E-state index in [1.807, 2.05) is 24.4 Å². The summed E-state index contributed by atoms with van der Waals surface area (Å²) in [5, 5.41) is 4.74. The lowest BCUT2D eigenvalue weighted by molar-refractivity contribution is -0.155. The van der Waals surface area contributed by atoms with Crippen LogP contribution in [0, 0.1) is 0 Å². The predicted molar refractivity (Wildman–Crippen MR) is 71.3 cm³/mol. The molecule has 2 unspecified atom stereocenters. The molecule has 2 atom stereocenters. The molecule has 4 nitrogen and oxygen atoms in total. The monoisotopic (exact) mass is 266 g/mol. The smallest absolute Gasteiger partial charge is 0.248 e. The molecule has 0 aromatic carbocycles. The number of amides is 2. The van der Waals surface area contributed by atoms with Gasteiger partial charge < -0.3 is 10.2 Å². The fourth-order valence-electron chi connectivity index (χ4n) is 2.27. The van der Waals surface area contributed by atoms with Crippen LogP contribution in [0.3, 0.4) is 0 Å². The van der Waals surface area contributed by atoms with Crippen LogP contribution >= 0.6 is 11.3 Å². The Labute approximate surface area is 111 Å². The van der Waals surface area contributed by atoms with Gasteiger partial charge in [0.25, 0.3) is 0 Å². The number of carbonyl (C=O) groups excluding carboxylic acids is 2. The van der Waals surface area contributed by atoms with E-state index >= 15 is 0 Å². The second-order valence-electron chi connectivity index (χ2n) is 5.19. The van der Waals surface area contributed by atoms with E-state index in [1.165, 1.54) is 0 Å². The fraction of sp³-hybridized carbons (Fsp3) is 0.538. The Kier molecular flexibility index (Phi) is 3.19. The van der Waals surface area contributed by atoms with Crippen LogP contribution in [0.4, 0.5) is 0 Å². The van der Waals surface area contributed by atoms with E-state index in [9.17, 15) is 9.59 Å². The summed E-state index contributed by atoms with van der Waals surface area (Å²) in [6.45, 7) is 7.22. The van der Waals surface area contributed by atoms with Crippen molar-refractivity contribution in [2.45, 2.75) is 45.3 Å². The maximum absolute atomic E-state index is 12.5. The van der Waals surface area contributed by atoms with Crippen molar-refractivity contribution >= 4 is 23.2 Å². The minimum atomic E-state index is -0.824. The van der Waals surface area contributed by atoms with Crippen molar-refractivity contribution < 1.29 is 9.59 Å². The lowest BCUT2D eigenvalue weighted by atomic mass is 9.95. The molecule has 18 heavy (non-hydrogen) atoms. The molecule has 5 heteroatoms.